The van der Waals surface area contributed by atoms with Crippen molar-refractivity contribution in [3.8, 4) is 33.8 Å². The molecule has 2 aromatic carbocycles. The molecule has 5 N–H and O–H groups in total. The molecule has 0 spiro atoms. The van der Waals surface area contributed by atoms with E-state index >= 15 is 0 Å². The van der Waals surface area contributed by atoms with Gasteiger partial charge in [-0.15, -0.1) is 0 Å². The number of nitrogens with two attached hydrogens (primary N) is 1. The van der Waals surface area contributed by atoms with Gasteiger partial charge in [0, 0.05) is 36.3 Å². The molecule has 5 heterocycles. The third-order valence-corrected chi connectivity index (χ3v) is 9.49. The molecule has 4 atom stereocenters. The number of Topliss-reactive ketones (excluding diaryl/α,β-unsaturated/α-hetero) is 1. The fourth-order valence-electron chi connectivity index (χ4n) is 7.23. The lowest BCUT2D eigenvalue weighted by molar-refractivity contribution is -0.123. The third kappa shape index (κ3) is 5.12. The molecule has 2 aliphatic heterocycles. The summed E-state index contributed by atoms with van der Waals surface area (Å²) in [5.41, 5.74) is 12.5. The van der Waals surface area contributed by atoms with Crippen molar-refractivity contribution in [2.24, 2.45) is 5.73 Å². The second-order valence-corrected chi connectivity index (χ2v) is 12.3. The van der Waals surface area contributed by atoms with E-state index in [1.165, 1.54) is 0 Å². The van der Waals surface area contributed by atoms with E-state index in [0.29, 0.717) is 25.2 Å². The van der Waals surface area contributed by atoms with Gasteiger partial charge < -0.3 is 25.3 Å². The first-order valence-corrected chi connectivity index (χ1v) is 15.6. The van der Waals surface area contributed by atoms with Crippen molar-refractivity contribution in [3.05, 3.63) is 89.9 Å². The quantitative estimate of drug-likeness (QED) is 0.213. The van der Waals surface area contributed by atoms with Gasteiger partial charge in [0.25, 0.3) is 0 Å². The first-order chi connectivity index (χ1) is 22.0. The number of imidazole rings is 1. The Balaban J connectivity index is 0.977. The van der Waals surface area contributed by atoms with Gasteiger partial charge in [0.15, 0.2) is 5.82 Å². The molecule has 0 bridgehead atoms. The van der Waals surface area contributed by atoms with E-state index in [9.17, 15) is 9.59 Å². The average Bonchev–Trinajstić information content (AvgIpc) is 3.87. The van der Waals surface area contributed by atoms with Gasteiger partial charge in [-0.2, -0.15) is 5.10 Å². The van der Waals surface area contributed by atoms with Crippen LogP contribution in [-0.4, -0.2) is 54.2 Å². The standard InChI is InChI=1S/C34H34N8O3/c35-34(44)45-28-12-11-22-13-15-42-18-24(16-27(43)29(28)30(22)42)31-37-17-26(38-31)21-7-3-19(4-8-21)20-5-9-23(10-6-20)32-39-33(41-40-32)25-2-1-14-36-25/h3-10,13,15,17,24-25,28-29,36H,1-2,11-12,14,16,18H2,(H2,35,44)(H,37,38)(H,39,40,41)/t24-,25-,28-,29?/m0/s1. The summed E-state index contributed by atoms with van der Waals surface area (Å²) in [4.78, 5) is 38.0. The van der Waals surface area contributed by atoms with E-state index < -0.39 is 18.1 Å². The summed E-state index contributed by atoms with van der Waals surface area (Å²) in [6.07, 6.45) is 6.36. The molecule has 3 aliphatic rings. The Kier molecular flexibility index (Phi) is 6.82. The van der Waals surface area contributed by atoms with Crippen LogP contribution in [0.25, 0.3) is 33.8 Å². The van der Waals surface area contributed by atoms with Crippen LogP contribution in [0.15, 0.2) is 67.0 Å². The van der Waals surface area contributed by atoms with E-state index in [2.05, 4.69) is 79.7 Å². The maximum absolute atomic E-state index is 13.6. The predicted octanol–water partition coefficient (Wildman–Crippen LogP) is 5.01. The number of ketones is 1. The molecule has 1 saturated heterocycles. The zero-order valence-corrected chi connectivity index (χ0v) is 24.7. The molecule has 0 saturated carbocycles. The minimum Gasteiger partial charge on any atom is -0.445 e. The minimum absolute atomic E-state index is 0.0484. The summed E-state index contributed by atoms with van der Waals surface area (Å²) >= 11 is 0. The molecule has 1 aliphatic carbocycles. The van der Waals surface area contributed by atoms with Crippen LogP contribution in [0.4, 0.5) is 4.79 Å². The van der Waals surface area contributed by atoms with Gasteiger partial charge in [0.05, 0.1) is 23.9 Å². The summed E-state index contributed by atoms with van der Waals surface area (Å²) in [7, 11) is 0. The largest absolute Gasteiger partial charge is 0.445 e. The number of nitrogens with zero attached hydrogens (tertiary/aromatic N) is 4. The number of hydrogen-bond donors (Lipinski definition) is 4. The van der Waals surface area contributed by atoms with E-state index in [-0.39, 0.29) is 17.7 Å². The first kappa shape index (κ1) is 27.5. The fraction of sp³-hybridized carbons (Fsp3) is 0.324. The second kappa shape index (κ2) is 11.2. The van der Waals surface area contributed by atoms with Crippen molar-refractivity contribution in [2.45, 2.75) is 62.6 Å². The summed E-state index contributed by atoms with van der Waals surface area (Å²) in [6.45, 7) is 1.64. The normalized spacial score (nSPS) is 22.6. The summed E-state index contributed by atoms with van der Waals surface area (Å²) in [5.74, 6) is 1.80. The number of rotatable bonds is 6. The molecule has 1 fully saturated rings. The highest BCUT2D eigenvalue weighted by Gasteiger charge is 2.42. The van der Waals surface area contributed by atoms with Crippen LogP contribution < -0.4 is 11.1 Å². The maximum Gasteiger partial charge on any atom is 0.404 e. The zero-order valence-electron chi connectivity index (χ0n) is 24.7. The van der Waals surface area contributed by atoms with Gasteiger partial charge in [-0.1, -0.05) is 48.5 Å². The molecule has 5 aromatic rings. The van der Waals surface area contributed by atoms with Gasteiger partial charge in [-0.25, -0.2) is 14.8 Å². The van der Waals surface area contributed by atoms with Crippen molar-refractivity contribution in [2.75, 3.05) is 6.54 Å². The number of aromatic amines is 2. The van der Waals surface area contributed by atoms with Crippen LogP contribution in [0.1, 0.15) is 66.5 Å². The number of carbonyl (C=O) groups excluding carboxylic acids is 2. The Morgan fingerprint density at radius 1 is 0.956 bits per heavy atom. The highest BCUT2D eigenvalue weighted by molar-refractivity contribution is 5.88. The fourth-order valence-corrected chi connectivity index (χ4v) is 7.23. The predicted molar refractivity (Wildman–Crippen MR) is 167 cm³/mol. The van der Waals surface area contributed by atoms with Crippen LogP contribution in [0, 0.1) is 0 Å². The molecule has 1 amide bonds. The number of ether oxygens (including phenoxy) is 1. The Morgan fingerprint density at radius 3 is 2.44 bits per heavy atom. The molecule has 8 rings (SSSR count). The molecule has 45 heavy (non-hydrogen) atoms. The summed E-state index contributed by atoms with van der Waals surface area (Å²) < 4.78 is 7.52. The minimum atomic E-state index is -0.842. The third-order valence-electron chi connectivity index (χ3n) is 9.49. The molecule has 11 heteroatoms. The smallest absolute Gasteiger partial charge is 0.404 e. The van der Waals surface area contributed by atoms with Crippen LogP contribution >= 0.6 is 0 Å². The van der Waals surface area contributed by atoms with Crippen molar-refractivity contribution in [3.63, 3.8) is 0 Å². The van der Waals surface area contributed by atoms with Crippen molar-refractivity contribution < 1.29 is 14.3 Å². The summed E-state index contributed by atoms with van der Waals surface area (Å²) in [6, 6.07) is 19.0. The Hall–Kier alpha value is -5.03. The van der Waals surface area contributed by atoms with Crippen LogP contribution in [0.3, 0.4) is 0 Å². The zero-order chi connectivity index (χ0) is 30.5. The van der Waals surface area contributed by atoms with Gasteiger partial charge in [-0.05, 0) is 60.5 Å². The van der Waals surface area contributed by atoms with Gasteiger partial charge in [0.1, 0.15) is 23.5 Å². The first-order valence-electron chi connectivity index (χ1n) is 15.6. The lowest BCUT2D eigenvalue weighted by Crippen LogP contribution is -2.36. The van der Waals surface area contributed by atoms with Crippen molar-refractivity contribution in [1.82, 2.24) is 35.0 Å². The number of aryl methyl sites for hydroxylation is 1. The van der Waals surface area contributed by atoms with Crippen LogP contribution in [-0.2, 0) is 22.5 Å². The van der Waals surface area contributed by atoms with E-state index in [1.807, 2.05) is 12.4 Å². The molecule has 1 unspecified atom stereocenters. The van der Waals surface area contributed by atoms with Crippen LogP contribution in [0.5, 0.6) is 0 Å². The monoisotopic (exact) mass is 602 g/mol. The Bertz CT molecular complexity index is 1860. The number of carbonyl (C=O) groups is 2. The lowest BCUT2D eigenvalue weighted by Gasteiger charge is -2.30. The summed E-state index contributed by atoms with van der Waals surface area (Å²) in [5, 5.41) is 11.0. The van der Waals surface area contributed by atoms with Crippen LogP contribution in [0.2, 0.25) is 0 Å². The molecule has 3 aromatic heterocycles. The SMILES string of the molecule is NC(=O)O[C@H]1CCc2ccn3c2C1C(=O)C[C@H](c1ncc(-c2ccc(-c4ccc(-c5n[nH]c([C@@H]6CCCN6)n5)cc4)cc2)[nH]1)C3. The molecular weight excluding hydrogens is 568 g/mol. The Morgan fingerprint density at radius 2 is 1.71 bits per heavy atom. The molecule has 0 radical (unpaired) electrons. The van der Waals surface area contributed by atoms with Gasteiger partial charge in [0.2, 0.25) is 0 Å². The number of hydrogen-bond acceptors (Lipinski definition) is 7. The average molecular weight is 603 g/mol. The number of amides is 1. The molecule has 228 valence electrons. The Labute approximate surface area is 259 Å². The van der Waals surface area contributed by atoms with E-state index in [1.54, 1.807) is 0 Å². The highest BCUT2D eigenvalue weighted by Crippen LogP contribution is 2.41. The molecule has 11 nitrogen and oxygen atoms in total. The van der Waals surface area contributed by atoms with E-state index in [0.717, 1.165) is 76.7 Å². The number of primary amides is 1. The number of benzene rings is 2. The number of H-pyrrole nitrogens is 2. The molecular formula is C34H34N8O3. The van der Waals surface area contributed by atoms with E-state index in [4.69, 9.17) is 20.4 Å². The topological polar surface area (TPSA) is 157 Å². The second-order valence-electron chi connectivity index (χ2n) is 12.3. The van der Waals surface area contributed by atoms with Crippen molar-refractivity contribution >= 4 is 11.9 Å². The van der Waals surface area contributed by atoms with Gasteiger partial charge >= 0.3 is 6.09 Å². The van der Waals surface area contributed by atoms with Gasteiger partial charge in [-0.3, -0.25) is 9.89 Å². The maximum atomic E-state index is 13.6. The number of nitrogens with one attached hydrogen (secondary N) is 3. The van der Waals surface area contributed by atoms with Crippen molar-refractivity contribution in [1.29, 1.82) is 0 Å². The highest BCUT2D eigenvalue weighted by atomic mass is 16.6. The number of aromatic nitrogens is 6. The lowest BCUT2D eigenvalue weighted by atomic mass is 9.81.